The van der Waals surface area contributed by atoms with Crippen LogP contribution in [0.2, 0.25) is 5.02 Å². The molecular formula is C18H25ClN2O3. The fraction of sp³-hybridized carbons (Fsp3) is 0.556. The topological polar surface area (TPSA) is 49.9 Å². The summed E-state index contributed by atoms with van der Waals surface area (Å²) in [6, 6.07) is 5.01. The molecule has 0 saturated carbocycles. The first kappa shape index (κ1) is 18.6. The van der Waals surface area contributed by atoms with Crippen LogP contribution < -0.4 is 4.74 Å². The van der Waals surface area contributed by atoms with Crippen molar-refractivity contribution in [3.63, 3.8) is 0 Å². The highest BCUT2D eigenvalue weighted by atomic mass is 35.5. The third kappa shape index (κ3) is 4.63. The summed E-state index contributed by atoms with van der Waals surface area (Å²) in [6.45, 7) is 6.47. The molecule has 2 rings (SSSR count). The van der Waals surface area contributed by atoms with E-state index in [-0.39, 0.29) is 11.8 Å². The van der Waals surface area contributed by atoms with Crippen molar-refractivity contribution < 1.29 is 14.3 Å². The fourth-order valence-corrected chi connectivity index (χ4v) is 2.90. The molecule has 0 aliphatic carbocycles. The van der Waals surface area contributed by atoms with Gasteiger partial charge in [0.15, 0.2) is 0 Å². The van der Waals surface area contributed by atoms with Crippen LogP contribution in [0.5, 0.6) is 5.75 Å². The van der Waals surface area contributed by atoms with Gasteiger partial charge in [-0.3, -0.25) is 9.59 Å². The Hall–Kier alpha value is -1.75. The summed E-state index contributed by atoms with van der Waals surface area (Å²) < 4.78 is 5.26. The molecule has 1 aromatic carbocycles. The highest BCUT2D eigenvalue weighted by Gasteiger charge is 2.26. The van der Waals surface area contributed by atoms with E-state index in [4.69, 9.17) is 16.3 Å². The molecule has 0 N–H and O–H groups in total. The highest BCUT2D eigenvalue weighted by molar-refractivity contribution is 6.30. The van der Waals surface area contributed by atoms with Gasteiger partial charge in [-0.15, -0.1) is 0 Å². The van der Waals surface area contributed by atoms with Gasteiger partial charge < -0.3 is 14.5 Å². The molecule has 1 aromatic rings. The smallest absolute Gasteiger partial charge is 0.257 e. The average molecular weight is 353 g/mol. The van der Waals surface area contributed by atoms with E-state index in [1.807, 2.05) is 4.90 Å². The van der Waals surface area contributed by atoms with Gasteiger partial charge in [0.1, 0.15) is 5.75 Å². The first-order valence-electron chi connectivity index (χ1n) is 8.33. The number of carbonyl (C=O) groups excluding carboxylic acids is 2. The van der Waals surface area contributed by atoms with Crippen molar-refractivity contribution in [3.05, 3.63) is 28.8 Å². The number of ether oxygens (including phenoxy) is 1. The summed E-state index contributed by atoms with van der Waals surface area (Å²) >= 11 is 5.94. The molecule has 1 aliphatic rings. The second-order valence-electron chi connectivity index (χ2n) is 6.45. The van der Waals surface area contributed by atoms with E-state index in [0.717, 1.165) is 6.42 Å². The van der Waals surface area contributed by atoms with Crippen LogP contribution in [0.25, 0.3) is 0 Å². The fourth-order valence-electron chi connectivity index (χ4n) is 2.74. The average Bonchev–Trinajstić information content (AvgIpc) is 2.59. The maximum Gasteiger partial charge on any atom is 0.257 e. The molecule has 6 heteroatoms. The van der Waals surface area contributed by atoms with Gasteiger partial charge in [-0.05, 0) is 30.5 Å². The van der Waals surface area contributed by atoms with E-state index in [2.05, 4.69) is 13.8 Å². The lowest BCUT2D eigenvalue weighted by molar-refractivity contribution is -0.132. The number of nitrogens with zero attached hydrogens (tertiary/aromatic N) is 2. The predicted molar refractivity (Wildman–Crippen MR) is 94.6 cm³/mol. The van der Waals surface area contributed by atoms with Gasteiger partial charge in [0.25, 0.3) is 5.91 Å². The molecule has 0 aromatic heterocycles. The van der Waals surface area contributed by atoms with Crippen molar-refractivity contribution in [1.82, 2.24) is 9.80 Å². The van der Waals surface area contributed by atoms with Crippen molar-refractivity contribution in [3.8, 4) is 5.75 Å². The highest BCUT2D eigenvalue weighted by Crippen LogP contribution is 2.25. The van der Waals surface area contributed by atoms with Gasteiger partial charge in [0.05, 0.1) is 12.7 Å². The number of hydrogen-bond acceptors (Lipinski definition) is 3. The van der Waals surface area contributed by atoms with E-state index in [0.29, 0.717) is 54.9 Å². The third-order valence-corrected chi connectivity index (χ3v) is 4.48. The van der Waals surface area contributed by atoms with Gasteiger partial charge >= 0.3 is 0 Å². The van der Waals surface area contributed by atoms with Crippen molar-refractivity contribution in [2.75, 3.05) is 33.3 Å². The third-order valence-electron chi connectivity index (χ3n) is 4.25. The van der Waals surface area contributed by atoms with E-state index in [1.54, 1.807) is 23.1 Å². The van der Waals surface area contributed by atoms with Crippen molar-refractivity contribution in [2.45, 2.75) is 26.7 Å². The summed E-state index contributed by atoms with van der Waals surface area (Å²) in [7, 11) is 1.52. The van der Waals surface area contributed by atoms with Crippen LogP contribution in [-0.2, 0) is 4.79 Å². The predicted octanol–water partition coefficient (Wildman–Crippen LogP) is 3.07. The lowest BCUT2D eigenvalue weighted by Crippen LogP contribution is -2.50. The first-order chi connectivity index (χ1) is 11.4. The van der Waals surface area contributed by atoms with Gasteiger partial charge in [-0.1, -0.05) is 25.4 Å². The number of hydrogen-bond donors (Lipinski definition) is 0. The lowest BCUT2D eigenvalue weighted by atomic mass is 10.1. The Morgan fingerprint density at radius 3 is 2.38 bits per heavy atom. The van der Waals surface area contributed by atoms with Gasteiger partial charge in [0, 0.05) is 37.6 Å². The molecule has 24 heavy (non-hydrogen) atoms. The lowest BCUT2D eigenvalue weighted by Gasteiger charge is -2.35. The van der Waals surface area contributed by atoms with Crippen LogP contribution in [-0.4, -0.2) is 54.9 Å². The second-order valence-corrected chi connectivity index (χ2v) is 6.89. The Labute approximate surface area is 148 Å². The van der Waals surface area contributed by atoms with E-state index in [1.165, 1.54) is 7.11 Å². The number of methoxy groups -OCH3 is 1. The normalized spacial score (nSPS) is 14.9. The molecule has 2 amide bonds. The van der Waals surface area contributed by atoms with Crippen LogP contribution in [0, 0.1) is 5.92 Å². The molecule has 1 aliphatic heterocycles. The molecule has 0 radical (unpaired) electrons. The van der Waals surface area contributed by atoms with Gasteiger partial charge in [-0.25, -0.2) is 0 Å². The molecule has 5 nitrogen and oxygen atoms in total. The molecule has 0 bridgehead atoms. The Bertz CT molecular complexity index is 596. The molecule has 132 valence electrons. The molecule has 0 spiro atoms. The number of carbonyl (C=O) groups is 2. The number of benzene rings is 1. The van der Waals surface area contributed by atoms with E-state index >= 15 is 0 Å². The van der Waals surface area contributed by atoms with Crippen molar-refractivity contribution >= 4 is 23.4 Å². The standard InChI is InChI=1S/C18H25ClN2O3/c1-13(2)4-7-17(22)20-8-10-21(11-9-20)18(23)15-6-5-14(19)12-16(15)24-3/h5-6,12-13H,4,7-11H2,1-3H3. The van der Waals surface area contributed by atoms with E-state index < -0.39 is 0 Å². The molecule has 1 saturated heterocycles. The van der Waals surface area contributed by atoms with Crippen molar-refractivity contribution in [2.24, 2.45) is 5.92 Å². The van der Waals surface area contributed by atoms with E-state index in [9.17, 15) is 9.59 Å². The summed E-state index contributed by atoms with van der Waals surface area (Å²) in [4.78, 5) is 28.5. The van der Waals surface area contributed by atoms with Crippen LogP contribution in [0.15, 0.2) is 18.2 Å². The summed E-state index contributed by atoms with van der Waals surface area (Å²) in [5, 5.41) is 0.531. The van der Waals surface area contributed by atoms with Gasteiger partial charge in [-0.2, -0.15) is 0 Å². The maximum atomic E-state index is 12.7. The minimum Gasteiger partial charge on any atom is -0.496 e. The molecule has 1 fully saturated rings. The number of halogens is 1. The number of rotatable bonds is 5. The zero-order valence-corrected chi connectivity index (χ0v) is 15.3. The summed E-state index contributed by atoms with van der Waals surface area (Å²) in [6.07, 6.45) is 1.48. The van der Waals surface area contributed by atoms with Crippen LogP contribution in [0.1, 0.15) is 37.0 Å². The van der Waals surface area contributed by atoms with Crippen molar-refractivity contribution in [1.29, 1.82) is 0 Å². The zero-order chi connectivity index (χ0) is 17.7. The zero-order valence-electron chi connectivity index (χ0n) is 14.5. The largest absolute Gasteiger partial charge is 0.496 e. The summed E-state index contributed by atoms with van der Waals surface area (Å²) in [5.74, 6) is 1.09. The van der Waals surface area contributed by atoms with Gasteiger partial charge in [0.2, 0.25) is 5.91 Å². The molecule has 0 atom stereocenters. The maximum absolute atomic E-state index is 12.7. The van der Waals surface area contributed by atoms with Crippen LogP contribution in [0.4, 0.5) is 0 Å². The Kier molecular flexibility index (Phi) is 6.49. The Morgan fingerprint density at radius 2 is 1.79 bits per heavy atom. The Morgan fingerprint density at radius 1 is 1.17 bits per heavy atom. The molecular weight excluding hydrogens is 328 g/mol. The SMILES string of the molecule is COc1cc(Cl)ccc1C(=O)N1CCN(C(=O)CCC(C)C)CC1. The summed E-state index contributed by atoms with van der Waals surface area (Å²) in [5.41, 5.74) is 0.501. The molecule has 0 unspecified atom stereocenters. The first-order valence-corrected chi connectivity index (χ1v) is 8.70. The minimum atomic E-state index is -0.0854. The number of piperazine rings is 1. The monoisotopic (exact) mass is 352 g/mol. The minimum absolute atomic E-state index is 0.0854. The second kappa shape index (κ2) is 8.38. The van der Waals surface area contributed by atoms with Crippen LogP contribution in [0.3, 0.4) is 0 Å². The number of amides is 2. The Balaban J connectivity index is 1.94. The quantitative estimate of drug-likeness (QED) is 0.818. The van der Waals surface area contributed by atoms with Crippen LogP contribution >= 0.6 is 11.6 Å². The molecule has 1 heterocycles.